The first-order chi connectivity index (χ1) is 15.7. The molecule has 0 saturated carbocycles. The molecule has 0 aromatic heterocycles. The number of hydrogen-bond acceptors (Lipinski definition) is 0. The third-order valence-electron chi connectivity index (χ3n) is 6.72. The van der Waals surface area contributed by atoms with Crippen molar-refractivity contribution in [2.24, 2.45) is 0 Å². The fourth-order valence-corrected chi connectivity index (χ4v) is 19.7. The molecule has 0 radical (unpaired) electrons. The van der Waals surface area contributed by atoms with Gasteiger partial charge < -0.3 is 0 Å². The van der Waals surface area contributed by atoms with Crippen LogP contribution in [0.15, 0.2) is 104 Å². The van der Waals surface area contributed by atoms with Crippen LogP contribution in [0.1, 0.15) is 42.4 Å². The molecule has 0 heterocycles. The molecule has 0 amide bonds. The summed E-state index contributed by atoms with van der Waals surface area (Å²) in [4.78, 5) is 0. The standard InChI is InChI=1S/2C9H7.2C5H5.2CH2.2ClH.2Hf/c2*1-2-5-9-7-3-6-8(9)4-1;2*1-2-4-5-3-1;;;;;;/h2*1-7H;2*1-3H,4H2;2*1H2;2*1H;;. The van der Waals surface area contributed by atoms with Gasteiger partial charge in [0.1, 0.15) is 0 Å². The topological polar surface area (TPSA) is 0 Å². The summed E-state index contributed by atoms with van der Waals surface area (Å²) >= 11 is -3.71. The Labute approximate surface area is 231 Å². The van der Waals surface area contributed by atoms with Gasteiger partial charge in [-0.15, -0.1) is 24.8 Å². The first-order valence-electron chi connectivity index (χ1n) is 11.4. The van der Waals surface area contributed by atoms with Crippen LogP contribution in [0.25, 0.3) is 12.2 Å². The Bertz CT molecular complexity index is 1170. The van der Waals surface area contributed by atoms with Crippen LogP contribution in [0, 0.1) is 0 Å². The van der Waals surface area contributed by atoms with Gasteiger partial charge in [-0.1, -0.05) is 0 Å². The zero-order valence-electron chi connectivity index (χ0n) is 19.2. The van der Waals surface area contributed by atoms with Gasteiger partial charge in [-0.2, -0.15) is 0 Å². The number of allylic oxidation sites excluding steroid dienone is 10. The predicted molar refractivity (Wildman–Crippen MR) is 149 cm³/mol. The second kappa shape index (κ2) is 12.8. The monoisotopic (exact) mass is 820 g/mol. The Morgan fingerprint density at radius 1 is 0.618 bits per heavy atom. The number of halogens is 2. The zero-order chi connectivity index (χ0) is 21.9. The van der Waals surface area contributed by atoms with E-state index in [1.807, 2.05) is 0 Å². The predicted octanol–water partition coefficient (Wildman–Crippen LogP) is 8.14. The van der Waals surface area contributed by atoms with E-state index >= 15 is 0 Å². The summed E-state index contributed by atoms with van der Waals surface area (Å²) in [5.41, 5.74) is 5.86. The summed E-state index contributed by atoms with van der Waals surface area (Å²) in [5, 5.41) is 0. The van der Waals surface area contributed by atoms with Crippen molar-refractivity contribution in [3.8, 4) is 0 Å². The molecule has 4 heteroatoms. The van der Waals surface area contributed by atoms with Gasteiger partial charge in [0.2, 0.25) is 0 Å². The second-order valence-electron chi connectivity index (χ2n) is 8.63. The first-order valence-corrected chi connectivity index (χ1v) is 24.2. The van der Waals surface area contributed by atoms with E-state index in [9.17, 15) is 0 Å². The molecule has 2 aromatic carbocycles. The van der Waals surface area contributed by atoms with Crippen molar-refractivity contribution in [1.82, 2.24) is 0 Å². The average molecular weight is 818 g/mol. The van der Waals surface area contributed by atoms with Crippen LogP contribution >= 0.6 is 24.8 Å². The third-order valence-corrected chi connectivity index (χ3v) is 24.3. The molecule has 34 heavy (non-hydrogen) atoms. The van der Waals surface area contributed by atoms with Crippen molar-refractivity contribution < 1.29 is 41.9 Å². The number of benzene rings is 2. The van der Waals surface area contributed by atoms with Crippen LogP contribution in [0.2, 0.25) is 0 Å². The summed E-state index contributed by atoms with van der Waals surface area (Å²) < 4.78 is 13.8. The molecule has 2 aromatic rings. The van der Waals surface area contributed by atoms with Crippen LogP contribution in [-0.2, 0) is 41.9 Å². The van der Waals surface area contributed by atoms with E-state index < -0.39 is 41.9 Å². The Kier molecular flexibility index (Phi) is 10.3. The third kappa shape index (κ3) is 5.84. The Morgan fingerprint density at radius 2 is 1.03 bits per heavy atom. The molecule has 2 unspecified atom stereocenters. The summed E-state index contributed by atoms with van der Waals surface area (Å²) in [6.07, 6.45) is 25.2. The van der Waals surface area contributed by atoms with E-state index in [4.69, 9.17) is 0 Å². The molecule has 0 aliphatic heterocycles. The molecular formula is C30H30Cl2Hf2. The van der Waals surface area contributed by atoms with E-state index in [1.165, 1.54) is 22.3 Å². The molecule has 0 fully saturated rings. The quantitative estimate of drug-likeness (QED) is 0.274. The maximum absolute atomic E-state index is 4.55. The molecule has 0 nitrogen and oxygen atoms in total. The minimum atomic E-state index is -1.86. The van der Waals surface area contributed by atoms with Crippen molar-refractivity contribution >= 4 is 45.5 Å². The Morgan fingerprint density at radius 3 is 1.41 bits per heavy atom. The van der Waals surface area contributed by atoms with Gasteiger partial charge in [-0.25, -0.2) is 0 Å². The molecule has 4 aliphatic rings. The van der Waals surface area contributed by atoms with Crippen molar-refractivity contribution in [3.63, 3.8) is 0 Å². The second-order valence-corrected chi connectivity index (χ2v) is 25.3. The number of hydrogen-bond donors (Lipinski definition) is 0. The minimum absolute atomic E-state index is 0. The maximum atomic E-state index is 4.55. The molecule has 0 bridgehead atoms. The van der Waals surface area contributed by atoms with E-state index in [0.29, 0.717) is 7.35 Å². The van der Waals surface area contributed by atoms with Gasteiger partial charge in [0.05, 0.1) is 0 Å². The summed E-state index contributed by atoms with van der Waals surface area (Å²) in [6.45, 7) is 0. The van der Waals surface area contributed by atoms with Gasteiger partial charge in [0, 0.05) is 0 Å². The molecule has 0 N–H and O–H groups in total. The summed E-state index contributed by atoms with van der Waals surface area (Å²) in [6, 6.07) is 17.5. The van der Waals surface area contributed by atoms with E-state index in [0.717, 1.165) is 12.8 Å². The van der Waals surface area contributed by atoms with Gasteiger partial charge in [0.25, 0.3) is 0 Å². The van der Waals surface area contributed by atoms with Crippen molar-refractivity contribution in [2.45, 2.75) is 20.2 Å². The van der Waals surface area contributed by atoms with Crippen molar-refractivity contribution in [1.29, 1.82) is 0 Å². The van der Waals surface area contributed by atoms with Crippen LogP contribution in [-0.4, -0.2) is 8.52 Å². The zero-order valence-corrected chi connectivity index (χ0v) is 28.0. The normalized spacial score (nSPS) is 19.8. The number of rotatable bonds is 4. The number of fused-ring (bicyclic) bond motifs is 2. The molecule has 6 rings (SSSR count). The van der Waals surface area contributed by atoms with Crippen molar-refractivity contribution in [3.05, 3.63) is 126 Å². The van der Waals surface area contributed by atoms with Crippen LogP contribution in [0.4, 0.5) is 0 Å². The molecule has 4 aliphatic carbocycles. The molecule has 0 spiro atoms. The first kappa shape index (κ1) is 27.5. The van der Waals surface area contributed by atoms with Crippen molar-refractivity contribution in [2.75, 3.05) is 0 Å². The van der Waals surface area contributed by atoms with Gasteiger partial charge in [-0.05, 0) is 0 Å². The van der Waals surface area contributed by atoms with Crippen LogP contribution < -0.4 is 0 Å². The molecule has 172 valence electrons. The van der Waals surface area contributed by atoms with Gasteiger partial charge in [0.15, 0.2) is 0 Å². The summed E-state index contributed by atoms with van der Waals surface area (Å²) in [5.74, 6) is 0. The molecule has 2 atom stereocenters. The SMILES string of the molecule is Cl.Cl.[CH2]=[Hf]([C]1=CC=CC1)[CH]1C=Cc2ccccc21.[CH2]=[Hf]([C]1=CC=CC1)[CH]1C=Cc2ccccc21. The van der Waals surface area contributed by atoms with E-state index in [-0.39, 0.29) is 24.8 Å². The van der Waals surface area contributed by atoms with Crippen LogP contribution in [0.5, 0.6) is 0 Å². The fraction of sp³-hybridized carbons (Fsp3) is 0.133. The van der Waals surface area contributed by atoms with E-state index in [2.05, 4.69) is 118 Å². The molecular weight excluding hydrogens is 788 g/mol. The average Bonchev–Trinajstić information content (AvgIpc) is 3.64. The Balaban J connectivity index is 0.000000180. The van der Waals surface area contributed by atoms with Gasteiger partial charge in [-0.3, -0.25) is 0 Å². The van der Waals surface area contributed by atoms with Crippen LogP contribution in [0.3, 0.4) is 0 Å². The molecule has 0 saturated heterocycles. The van der Waals surface area contributed by atoms with E-state index in [1.54, 1.807) is 6.66 Å². The summed E-state index contributed by atoms with van der Waals surface area (Å²) in [7, 11) is 0. The fourth-order valence-electron chi connectivity index (χ4n) is 4.88. The Hall–Kier alpha value is -1.06. The van der Waals surface area contributed by atoms with Gasteiger partial charge >= 0.3 is 209 Å².